The SMILES string of the molecule is Cc1cc(C(=O)NCC(C)(O)c2ccco2)c2cnn(C)c2n1. The lowest BCUT2D eigenvalue weighted by Gasteiger charge is -2.21. The summed E-state index contributed by atoms with van der Waals surface area (Å²) in [6.45, 7) is 3.44. The van der Waals surface area contributed by atoms with Crippen molar-refractivity contribution in [2.75, 3.05) is 6.54 Å². The fraction of sp³-hybridized carbons (Fsp3) is 0.312. The Balaban J connectivity index is 1.84. The van der Waals surface area contributed by atoms with Gasteiger partial charge in [0.2, 0.25) is 0 Å². The minimum Gasteiger partial charge on any atom is -0.466 e. The van der Waals surface area contributed by atoms with E-state index >= 15 is 0 Å². The molecule has 0 aliphatic rings. The van der Waals surface area contributed by atoms with E-state index in [-0.39, 0.29) is 12.5 Å². The molecule has 0 spiro atoms. The highest BCUT2D eigenvalue weighted by Crippen LogP contribution is 2.21. The summed E-state index contributed by atoms with van der Waals surface area (Å²) in [6.07, 6.45) is 3.10. The maximum atomic E-state index is 12.5. The van der Waals surface area contributed by atoms with Crippen LogP contribution in [-0.2, 0) is 12.6 Å². The van der Waals surface area contributed by atoms with Gasteiger partial charge >= 0.3 is 0 Å². The number of nitrogens with zero attached hydrogens (tertiary/aromatic N) is 3. The molecule has 0 saturated carbocycles. The van der Waals surface area contributed by atoms with Gasteiger partial charge in [-0.2, -0.15) is 5.10 Å². The maximum Gasteiger partial charge on any atom is 0.252 e. The van der Waals surface area contributed by atoms with Crippen LogP contribution >= 0.6 is 0 Å². The summed E-state index contributed by atoms with van der Waals surface area (Å²) in [4.78, 5) is 16.9. The molecule has 120 valence electrons. The van der Waals surface area contributed by atoms with Crippen LogP contribution in [0.4, 0.5) is 0 Å². The molecule has 3 aromatic heterocycles. The zero-order valence-corrected chi connectivity index (χ0v) is 13.2. The Hall–Kier alpha value is -2.67. The van der Waals surface area contributed by atoms with Crippen LogP contribution in [0.1, 0.15) is 28.7 Å². The molecule has 0 aliphatic carbocycles. The van der Waals surface area contributed by atoms with Crippen LogP contribution in [0.3, 0.4) is 0 Å². The number of pyridine rings is 1. The third kappa shape index (κ3) is 2.83. The fourth-order valence-electron chi connectivity index (χ4n) is 2.45. The summed E-state index contributed by atoms with van der Waals surface area (Å²) in [6, 6.07) is 5.07. The Morgan fingerprint density at radius 3 is 3.00 bits per heavy atom. The second kappa shape index (κ2) is 5.51. The second-order valence-electron chi connectivity index (χ2n) is 5.75. The minimum atomic E-state index is -1.28. The fourth-order valence-corrected chi connectivity index (χ4v) is 2.45. The Bertz CT molecular complexity index is 850. The van der Waals surface area contributed by atoms with E-state index < -0.39 is 5.60 Å². The minimum absolute atomic E-state index is 0.0302. The Kier molecular flexibility index (Phi) is 3.65. The number of aryl methyl sites for hydroxylation is 2. The predicted molar refractivity (Wildman–Crippen MR) is 83.9 cm³/mol. The van der Waals surface area contributed by atoms with E-state index in [2.05, 4.69) is 15.4 Å². The van der Waals surface area contributed by atoms with Gasteiger partial charge < -0.3 is 14.8 Å². The first kappa shape index (κ1) is 15.2. The van der Waals surface area contributed by atoms with Crippen molar-refractivity contribution in [2.45, 2.75) is 19.4 Å². The molecule has 1 amide bonds. The average Bonchev–Trinajstić information content (AvgIpc) is 3.15. The number of hydrogen-bond donors (Lipinski definition) is 2. The van der Waals surface area contributed by atoms with Crippen molar-refractivity contribution in [3.05, 3.63) is 47.7 Å². The zero-order valence-electron chi connectivity index (χ0n) is 13.2. The van der Waals surface area contributed by atoms with Gasteiger partial charge in [0.25, 0.3) is 5.91 Å². The van der Waals surface area contributed by atoms with Crippen molar-refractivity contribution in [1.29, 1.82) is 0 Å². The van der Waals surface area contributed by atoms with Crippen molar-refractivity contribution in [3.8, 4) is 0 Å². The van der Waals surface area contributed by atoms with Crippen LogP contribution < -0.4 is 5.32 Å². The normalized spacial score (nSPS) is 13.9. The molecule has 0 fully saturated rings. The van der Waals surface area contributed by atoms with Gasteiger partial charge in [-0.05, 0) is 32.0 Å². The van der Waals surface area contributed by atoms with Gasteiger partial charge in [0.05, 0.1) is 30.0 Å². The molecular weight excluding hydrogens is 296 g/mol. The summed E-state index contributed by atoms with van der Waals surface area (Å²) in [5.74, 6) is 0.107. The molecule has 1 unspecified atom stereocenters. The van der Waals surface area contributed by atoms with Crippen LogP contribution in [0, 0.1) is 6.92 Å². The van der Waals surface area contributed by atoms with E-state index in [1.54, 1.807) is 43.0 Å². The molecule has 0 saturated heterocycles. The lowest BCUT2D eigenvalue weighted by Crippen LogP contribution is -2.38. The number of nitrogens with one attached hydrogen (secondary N) is 1. The van der Waals surface area contributed by atoms with E-state index in [1.165, 1.54) is 6.26 Å². The molecule has 3 heterocycles. The topological polar surface area (TPSA) is 93.2 Å². The molecule has 0 radical (unpaired) electrons. The Morgan fingerprint density at radius 1 is 1.52 bits per heavy atom. The van der Waals surface area contributed by atoms with E-state index in [0.717, 1.165) is 5.69 Å². The van der Waals surface area contributed by atoms with Crippen molar-refractivity contribution in [2.24, 2.45) is 7.05 Å². The summed E-state index contributed by atoms with van der Waals surface area (Å²) in [5, 5.41) is 18.0. The number of hydrogen-bond acceptors (Lipinski definition) is 5. The van der Waals surface area contributed by atoms with E-state index in [9.17, 15) is 9.90 Å². The largest absolute Gasteiger partial charge is 0.466 e. The standard InChI is InChI=1S/C16H18N4O3/c1-10-7-11(12-8-18-20(3)14(12)19-10)15(21)17-9-16(2,22)13-5-4-6-23-13/h4-8,22H,9H2,1-3H3,(H,17,21). The molecular formula is C16H18N4O3. The zero-order chi connectivity index (χ0) is 16.6. The molecule has 0 aliphatic heterocycles. The number of aromatic nitrogens is 3. The molecule has 23 heavy (non-hydrogen) atoms. The number of amides is 1. The Labute approximate surface area is 132 Å². The van der Waals surface area contributed by atoms with Crippen molar-refractivity contribution >= 4 is 16.9 Å². The lowest BCUT2D eigenvalue weighted by molar-refractivity contribution is 0.0330. The average molecular weight is 314 g/mol. The molecule has 0 bridgehead atoms. The van der Waals surface area contributed by atoms with E-state index in [1.807, 2.05) is 6.92 Å². The van der Waals surface area contributed by atoms with Crippen molar-refractivity contribution in [1.82, 2.24) is 20.1 Å². The summed E-state index contributed by atoms with van der Waals surface area (Å²) < 4.78 is 6.83. The first-order chi connectivity index (χ1) is 10.9. The van der Waals surface area contributed by atoms with Gasteiger partial charge in [-0.25, -0.2) is 4.98 Å². The van der Waals surface area contributed by atoms with Crippen LogP contribution in [0.5, 0.6) is 0 Å². The van der Waals surface area contributed by atoms with Crippen LogP contribution in [0.15, 0.2) is 35.1 Å². The van der Waals surface area contributed by atoms with Gasteiger partial charge in [0.1, 0.15) is 11.4 Å². The van der Waals surface area contributed by atoms with Gasteiger partial charge in [0, 0.05) is 12.7 Å². The highest BCUT2D eigenvalue weighted by Gasteiger charge is 2.27. The lowest BCUT2D eigenvalue weighted by atomic mass is 10.0. The molecule has 1 atom stereocenters. The predicted octanol–water partition coefficient (Wildman–Crippen LogP) is 1.51. The number of fused-ring (bicyclic) bond motifs is 1. The Morgan fingerprint density at radius 2 is 2.30 bits per heavy atom. The van der Waals surface area contributed by atoms with Gasteiger partial charge in [0.15, 0.2) is 5.65 Å². The van der Waals surface area contributed by atoms with E-state index in [0.29, 0.717) is 22.4 Å². The number of carbonyl (C=O) groups excluding carboxylic acids is 1. The van der Waals surface area contributed by atoms with Crippen LogP contribution in [0.25, 0.3) is 11.0 Å². The summed E-state index contributed by atoms with van der Waals surface area (Å²) in [7, 11) is 1.78. The first-order valence-corrected chi connectivity index (χ1v) is 7.22. The van der Waals surface area contributed by atoms with Gasteiger partial charge in [-0.3, -0.25) is 9.48 Å². The monoisotopic (exact) mass is 314 g/mol. The number of aliphatic hydroxyl groups is 1. The highest BCUT2D eigenvalue weighted by atomic mass is 16.4. The molecule has 2 N–H and O–H groups in total. The van der Waals surface area contributed by atoms with Gasteiger partial charge in [-0.15, -0.1) is 0 Å². The summed E-state index contributed by atoms with van der Waals surface area (Å²) in [5.41, 5.74) is 0.572. The van der Waals surface area contributed by atoms with Crippen LogP contribution in [0.2, 0.25) is 0 Å². The first-order valence-electron chi connectivity index (χ1n) is 7.22. The highest BCUT2D eigenvalue weighted by molar-refractivity contribution is 6.05. The molecule has 7 heteroatoms. The number of carbonyl (C=O) groups is 1. The van der Waals surface area contributed by atoms with Crippen molar-refractivity contribution in [3.63, 3.8) is 0 Å². The smallest absolute Gasteiger partial charge is 0.252 e. The van der Waals surface area contributed by atoms with Crippen molar-refractivity contribution < 1.29 is 14.3 Å². The number of rotatable bonds is 4. The third-order valence-electron chi connectivity index (χ3n) is 3.72. The van der Waals surface area contributed by atoms with E-state index in [4.69, 9.17) is 4.42 Å². The molecule has 3 aromatic rings. The summed E-state index contributed by atoms with van der Waals surface area (Å²) >= 11 is 0. The molecule has 7 nitrogen and oxygen atoms in total. The quantitative estimate of drug-likeness (QED) is 0.761. The molecule has 3 rings (SSSR count). The number of furan rings is 1. The third-order valence-corrected chi connectivity index (χ3v) is 3.72. The molecule has 0 aromatic carbocycles. The van der Waals surface area contributed by atoms with Gasteiger partial charge in [-0.1, -0.05) is 0 Å². The maximum absolute atomic E-state index is 12.5. The second-order valence-corrected chi connectivity index (χ2v) is 5.75. The van der Waals surface area contributed by atoms with Crippen LogP contribution in [-0.4, -0.2) is 32.3 Å².